The van der Waals surface area contributed by atoms with Crippen LogP contribution >= 0.6 is 0 Å². The molecule has 0 bridgehead atoms. The van der Waals surface area contributed by atoms with Crippen LogP contribution in [0.2, 0.25) is 0 Å². The van der Waals surface area contributed by atoms with Crippen molar-refractivity contribution < 1.29 is 9.47 Å². The van der Waals surface area contributed by atoms with Crippen molar-refractivity contribution in [2.45, 2.75) is 174 Å². The smallest absolute Gasteiger partial charge is 0.183 e. The highest BCUT2D eigenvalue weighted by Gasteiger charge is 2.32. The van der Waals surface area contributed by atoms with E-state index in [4.69, 9.17) is 9.47 Å². The molecule has 35 nitrogen and oxygen atoms in total. The second-order valence-electron chi connectivity index (χ2n) is 36.5. The maximum absolute atomic E-state index is 5.70. The highest BCUT2D eigenvalue weighted by Crippen LogP contribution is 2.43. The lowest BCUT2D eigenvalue weighted by Crippen LogP contribution is -2.20. The standard InChI is InChI=1S/3C16H17N5.C16H16N4O.C15H17N5.C15H14N4O.C14H15N5/c1-10-7-12-15(20-10)18-9-19-16(12)21-14-4-2-3-11-5-6-17-8-13(11)14;2*1-10(11-5-3-2-4-6-11)19-15-13-16(18-9-17-15)21-14(20-13)12-7-8-12;1-10-8-12-15(19-10)17-9-18-16(12)20-13-6-7-21-14-5-3-2-4-11(13)14;1-3-13(11-5-4-6-16-8-11)20-15-12-7-10(2)19-14(12)17-9-18-15;1-9-6-11-14(18-9)16-8-17-15(11)19-12-7-20-13-5-3-2-4-10(12)13;1-9-6-12-13(18-9)16-8-17-14(12)19-10(2)11-4-3-5-15-7-11/h5-9,14H,2-4H2,1H3,(H2,18,19,20,21);2*2-6,9-10,12H,7-8H2,1H3,(H2,17,18,19,20,21);2-5,8-9,13H,6-7H2,1H3,(H2,17,18,19,20);4-9,13H,3H2,1-2H3,(H2,17,18,19,20);2-6,8,12H,7H2,1H3,(H2,16,17,18,19);3-8,10H,1-2H3,(H2,16,17,18,19)/t;2*10-;13-;;12-;10-/m.100.10/s1. The Bertz CT molecular complexity index is 7520. The minimum Gasteiger partial charge on any atom is -0.493 e. The van der Waals surface area contributed by atoms with E-state index in [1.165, 1.54) is 65.5 Å². The molecule has 21 aromatic rings. The molecule has 14 N–H and O–H groups in total. The molecule has 4 aromatic carbocycles. The molecule has 0 spiro atoms. The molecule has 5 aliphatic rings. The van der Waals surface area contributed by atoms with E-state index in [9.17, 15) is 0 Å². The maximum Gasteiger partial charge on any atom is 0.183 e. The van der Waals surface area contributed by atoms with Crippen molar-refractivity contribution in [2.75, 3.05) is 50.4 Å². The van der Waals surface area contributed by atoms with Gasteiger partial charge >= 0.3 is 0 Å². The van der Waals surface area contributed by atoms with Gasteiger partial charge in [0.1, 0.15) is 142 Å². The zero-order valence-corrected chi connectivity index (χ0v) is 81.0. The Morgan fingerprint density at radius 2 is 0.713 bits per heavy atom. The molecular weight excluding hydrogens is 1790 g/mol. The zero-order chi connectivity index (χ0) is 97.7. The van der Waals surface area contributed by atoms with Crippen LogP contribution in [0.25, 0.3) is 77.5 Å². The molecule has 722 valence electrons. The fourth-order valence-corrected chi connectivity index (χ4v) is 18.1. The van der Waals surface area contributed by atoms with Gasteiger partial charge in [-0.15, -0.1) is 0 Å². The molecule has 2 unspecified atom stereocenters. The van der Waals surface area contributed by atoms with Gasteiger partial charge in [-0.05, 0) is 201 Å². The number of imidazole rings is 2. The van der Waals surface area contributed by atoms with Crippen molar-refractivity contribution in [2.24, 2.45) is 0 Å². The largest absolute Gasteiger partial charge is 0.493 e. The first-order valence-electron chi connectivity index (χ1n) is 48.6. The van der Waals surface area contributed by atoms with Gasteiger partial charge in [0.25, 0.3) is 0 Å². The molecule has 2 saturated carbocycles. The van der Waals surface area contributed by atoms with Gasteiger partial charge in [0.2, 0.25) is 0 Å². The number of nitrogens with zero attached hydrogens (tertiary/aromatic N) is 19. The number of rotatable bonds is 21. The Kier molecular flexibility index (Phi) is 28.1. The van der Waals surface area contributed by atoms with Gasteiger partial charge < -0.3 is 81.6 Å². The number of aryl methyl sites for hydroxylation is 6. The highest BCUT2D eigenvalue weighted by atomic mass is 16.5. The van der Waals surface area contributed by atoms with E-state index in [-0.39, 0.29) is 42.3 Å². The first-order valence-corrected chi connectivity index (χ1v) is 48.6. The van der Waals surface area contributed by atoms with Crippen molar-refractivity contribution in [1.82, 2.24) is 130 Å². The summed E-state index contributed by atoms with van der Waals surface area (Å²) < 4.78 is 11.4. The minimum atomic E-state index is 0.125. The number of H-pyrrole nitrogens is 7. The van der Waals surface area contributed by atoms with Crippen LogP contribution in [0.15, 0.2) is 251 Å². The molecular formula is C108H113N33O2. The summed E-state index contributed by atoms with van der Waals surface area (Å²) in [5.41, 5.74) is 22.8. The van der Waals surface area contributed by atoms with E-state index in [1.54, 1.807) is 56.7 Å². The molecule has 2 aliphatic heterocycles. The molecule has 3 aliphatic carbocycles. The summed E-state index contributed by atoms with van der Waals surface area (Å²) in [5, 5.41) is 29.5. The first kappa shape index (κ1) is 93.4. The van der Waals surface area contributed by atoms with Crippen LogP contribution in [-0.4, -0.2) is 143 Å². The average Bonchev–Trinajstić information content (AvgIpc) is 1.69. The fourth-order valence-electron chi connectivity index (χ4n) is 18.1. The second kappa shape index (κ2) is 43.0. The van der Waals surface area contributed by atoms with Gasteiger partial charge in [-0.3, -0.25) is 15.0 Å². The topological polar surface area (TPSA) is 458 Å². The lowest BCUT2D eigenvalue weighted by atomic mass is 9.89. The van der Waals surface area contributed by atoms with E-state index < -0.39 is 0 Å². The normalized spacial score (nSPS) is 15.6. The van der Waals surface area contributed by atoms with Crippen molar-refractivity contribution in [3.63, 3.8) is 0 Å². The van der Waals surface area contributed by atoms with E-state index in [0.29, 0.717) is 18.4 Å². The van der Waals surface area contributed by atoms with Crippen LogP contribution in [0.5, 0.6) is 11.5 Å². The number of pyridine rings is 3. The first-order chi connectivity index (χ1) is 70.1. The van der Waals surface area contributed by atoms with E-state index in [0.717, 1.165) is 213 Å². The number of para-hydroxylation sites is 2. The predicted molar refractivity (Wildman–Crippen MR) is 559 cm³/mol. The molecule has 19 heterocycles. The number of nitrogens with one attached hydrogen (secondary N) is 14. The Labute approximate surface area is 824 Å². The summed E-state index contributed by atoms with van der Waals surface area (Å²) in [7, 11) is 0. The van der Waals surface area contributed by atoms with Gasteiger partial charge in [0.05, 0.1) is 75.8 Å². The summed E-state index contributed by atoms with van der Waals surface area (Å²) >= 11 is 0. The molecule has 0 amide bonds. The Morgan fingerprint density at radius 1 is 0.336 bits per heavy atom. The van der Waals surface area contributed by atoms with Crippen molar-refractivity contribution in [3.05, 3.63) is 336 Å². The zero-order valence-electron chi connectivity index (χ0n) is 81.0. The molecule has 17 aromatic heterocycles. The third-order valence-corrected chi connectivity index (χ3v) is 25.8. The van der Waals surface area contributed by atoms with Gasteiger partial charge in [0, 0.05) is 95.0 Å². The predicted octanol–water partition coefficient (Wildman–Crippen LogP) is 22.0. The minimum absolute atomic E-state index is 0.125. The fraction of sp³-hybridized carbons (Fsp3) is 0.269. The number of aromatic nitrogens is 26. The van der Waals surface area contributed by atoms with Crippen LogP contribution in [-0.2, 0) is 6.42 Å². The third-order valence-electron chi connectivity index (χ3n) is 25.8. The van der Waals surface area contributed by atoms with Crippen LogP contribution in [0.3, 0.4) is 0 Å². The van der Waals surface area contributed by atoms with Crippen LogP contribution in [0.1, 0.15) is 218 Å². The second-order valence-corrected chi connectivity index (χ2v) is 36.5. The van der Waals surface area contributed by atoms with E-state index >= 15 is 0 Å². The number of aromatic amines is 7. The van der Waals surface area contributed by atoms with Crippen molar-refractivity contribution >= 4 is 118 Å². The third kappa shape index (κ3) is 22.2. The molecule has 0 saturated heterocycles. The molecule has 26 rings (SSSR count). The molecule has 2 fully saturated rings. The monoisotopic (exact) mass is 1900 g/mol. The quantitative estimate of drug-likeness (QED) is 0.0318. The number of hydrogen-bond donors (Lipinski definition) is 14. The number of hydrogen-bond acceptors (Lipinski definition) is 28. The highest BCUT2D eigenvalue weighted by molar-refractivity contribution is 5.92. The van der Waals surface area contributed by atoms with Crippen LogP contribution in [0, 0.1) is 34.6 Å². The number of fused-ring (bicyclic) bond motifs is 10. The maximum atomic E-state index is 5.70. The number of anilines is 7. The van der Waals surface area contributed by atoms with Gasteiger partial charge in [0.15, 0.2) is 22.9 Å². The molecule has 0 radical (unpaired) electrons. The number of benzene rings is 4. The lowest BCUT2D eigenvalue weighted by molar-refractivity contribution is 0.274. The summed E-state index contributed by atoms with van der Waals surface area (Å²) in [6.07, 6.45) is 32.4. The van der Waals surface area contributed by atoms with Gasteiger partial charge in [-0.1, -0.05) is 116 Å². The van der Waals surface area contributed by atoms with Crippen molar-refractivity contribution in [1.29, 1.82) is 0 Å². The SMILES string of the molecule is CCC(Nc1ncnc2[nH]c(C)cc12)c1cccnc1.C[C@@H](Nc1ncnc2nc(C3CC3)[nH]c12)c1ccccc1.C[C@H](Nc1ncnc2nc(C3CC3)[nH]c12)c1ccccc1.Cc1cc2c(NC3CCCc4ccncc43)ncnc2[nH]1.Cc1cc2c(N[C@@H](C)c3cccnc3)ncnc2[nH]1.Cc1cc2c(N[C@@H]3COc4ccccc43)ncnc2[nH]1.Cc1cc2c(N[C@H]3CCOc4ccccc43)ncnc2[nH]1. The summed E-state index contributed by atoms with van der Waals surface area (Å²) in [6.45, 7) is 19.9. The lowest BCUT2D eigenvalue weighted by Gasteiger charge is -2.27. The molecule has 35 heteroatoms. The van der Waals surface area contributed by atoms with Crippen LogP contribution < -0.4 is 46.7 Å². The Morgan fingerprint density at radius 3 is 1.17 bits per heavy atom. The van der Waals surface area contributed by atoms with Gasteiger partial charge in [-0.25, -0.2) is 79.7 Å². The molecule has 143 heavy (non-hydrogen) atoms. The van der Waals surface area contributed by atoms with E-state index in [1.807, 2.05) is 156 Å². The molecule has 7 atom stereocenters. The Balaban J connectivity index is 0.000000102. The van der Waals surface area contributed by atoms with Crippen molar-refractivity contribution in [3.8, 4) is 11.5 Å². The summed E-state index contributed by atoms with van der Waals surface area (Å²) in [4.78, 5) is 105. The van der Waals surface area contributed by atoms with E-state index in [2.05, 4.69) is 267 Å². The summed E-state index contributed by atoms with van der Waals surface area (Å²) in [6, 6.07) is 58.7. The number of ether oxygens (including phenoxy) is 2. The van der Waals surface area contributed by atoms with Crippen LogP contribution in [0.4, 0.5) is 40.7 Å². The summed E-state index contributed by atoms with van der Waals surface area (Å²) in [5.74, 6) is 11.1. The van der Waals surface area contributed by atoms with Gasteiger partial charge in [-0.2, -0.15) is 0 Å². The average molecular weight is 1910 g/mol. The Hall–Kier alpha value is -17.3.